The smallest absolute Gasteiger partial charge is 0.306 e. The number of carbonyl (C=O) groups excluding carboxylic acids is 2. The first-order chi connectivity index (χ1) is 34.6. The second-order valence-corrected chi connectivity index (χ2v) is 20.2. The van der Waals surface area contributed by atoms with Gasteiger partial charge in [0.1, 0.15) is 6.61 Å². The first-order valence-electron chi connectivity index (χ1n) is 30.5. The molecule has 0 rings (SSSR count). The summed E-state index contributed by atoms with van der Waals surface area (Å²) < 4.78 is 17.5. The van der Waals surface area contributed by atoms with Crippen LogP contribution in [0.4, 0.5) is 0 Å². The van der Waals surface area contributed by atoms with Crippen LogP contribution in [0.5, 0.6) is 0 Å². The maximum atomic E-state index is 12.9. The molecule has 0 saturated carbocycles. The molecule has 0 aliphatic heterocycles. The molecule has 5 nitrogen and oxygen atoms in total. The molecule has 0 radical (unpaired) electrons. The van der Waals surface area contributed by atoms with Crippen molar-refractivity contribution in [2.45, 2.75) is 309 Å². The summed E-state index contributed by atoms with van der Waals surface area (Å²) in [5.74, 6) is -0.407. The topological polar surface area (TPSA) is 61.8 Å². The highest BCUT2D eigenvalue weighted by atomic mass is 16.6. The molecule has 0 amide bonds. The molecule has 0 aromatic carbocycles. The van der Waals surface area contributed by atoms with E-state index in [1.807, 2.05) is 0 Å². The van der Waals surface area contributed by atoms with Crippen molar-refractivity contribution in [3.8, 4) is 0 Å². The summed E-state index contributed by atoms with van der Waals surface area (Å²) in [6.45, 7) is 7.77. The van der Waals surface area contributed by atoms with Gasteiger partial charge in [-0.2, -0.15) is 0 Å². The Morgan fingerprint density at radius 1 is 0.314 bits per heavy atom. The maximum Gasteiger partial charge on any atom is 0.306 e. The van der Waals surface area contributed by atoms with Crippen LogP contribution in [0.25, 0.3) is 0 Å². The van der Waals surface area contributed by atoms with Gasteiger partial charge in [-0.3, -0.25) is 9.59 Å². The Morgan fingerprint density at radius 2 is 0.600 bits per heavy atom. The van der Waals surface area contributed by atoms with Gasteiger partial charge in [0.25, 0.3) is 0 Å². The van der Waals surface area contributed by atoms with Crippen molar-refractivity contribution in [2.75, 3.05) is 19.8 Å². The molecule has 0 saturated heterocycles. The molecule has 5 heteroatoms. The molecule has 1 unspecified atom stereocenters. The Morgan fingerprint density at radius 3 is 1.00 bits per heavy atom. The van der Waals surface area contributed by atoms with E-state index in [9.17, 15) is 9.59 Å². The van der Waals surface area contributed by atoms with Gasteiger partial charge in [0.2, 0.25) is 0 Å². The zero-order valence-corrected chi connectivity index (χ0v) is 46.8. The van der Waals surface area contributed by atoms with Gasteiger partial charge < -0.3 is 14.2 Å². The van der Waals surface area contributed by atoms with Gasteiger partial charge in [-0.05, 0) is 116 Å². The van der Waals surface area contributed by atoms with Crippen molar-refractivity contribution in [3.63, 3.8) is 0 Å². The van der Waals surface area contributed by atoms with Crippen LogP contribution >= 0.6 is 0 Å². The number of hydrogen-bond acceptors (Lipinski definition) is 5. The van der Waals surface area contributed by atoms with Crippen LogP contribution in [0, 0.1) is 0 Å². The maximum absolute atomic E-state index is 12.9. The fourth-order valence-electron chi connectivity index (χ4n) is 8.60. The van der Waals surface area contributed by atoms with E-state index < -0.39 is 6.10 Å². The number of hydrogen-bond donors (Lipinski definition) is 0. The number of allylic oxidation sites excluding steroid dienone is 12. The normalized spacial score (nSPS) is 12.7. The summed E-state index contributed by atoms with van der Waals surface area (Å²) in [5, 5.41) is 0. The Labute approximate surface area is 436 Å². The van der Waals surface area contributed by atoms with Crippen molar-refractivity contribution >= 4 is 11.9 Å². The summed E-state index contributed by atoms with van der Waals surface area (Å²) in [6.07, 6.45) is 79.2. The fourth-order valence-corrected chi connectivity index (χ4v) is 8.60. The minimum absolute atomic E-state index is 0.0746. The Hall–Kier alpha value is -2.66. The van der Waals surface area contributed by atoms with Gasteiger partial charge in [-0.15, -0.1) is 0 Å². The number of esters is 2. The van der Waals surface area contributed by atoms with Crippen molar-refractivity contribution < 1.29 is 23.8 Å². The number of ether oxygens (including phenoxy) is 3. The van der Waals surface area contributed by atoms with Crippen LogP contribution < -0.4 is 0 Å². The number of unbranched alkanes of at least 4 members (excludes halogenated alkanes) is 33. The minimum atomic E-state index is -0.550. The summed E-state index contributed by atoms with van der Waals surface area (Å²) in [7, 11) is 0. The largest absolute Gasteiger partial charge is 0.462 e. The Balaban J connectivity index is 4.31. The molecule has 1 atom stereocenters. The lowest BCUT2D eigenvalue weighted by atomic mass is 10.1. The van der Waals surface area contributed by atoms with Crippen molar-refractivity contribution in [3.05, 3.63) is 72.9 Å². The highest BCUT2D eigenvalue weighted by Crippen LogP contribution is 2.15. The third-order valence-corrected chi connectivity index (χ3v) is 13.2. The lowest BCUT2D eigenvalue weighted by molar-refractivity contribution is -0.163. The van der Waals surface area contributed by atoms with E-state index in [1.165, 1.54) is 199 Å². The average Bonchev–Trinajstić information content (AvgIpc) is 3.36. The van der Waals surface area contributed by atoms with Crippen molar-refractivity contribution in [2.24, 2.45) is 0 Å². The van der Waals surface area contributed by atoms with E-state index in [1.54, 1.807) is 0 Å². The molecule has 0 aromatic heterocycles. The fraction of sp³-hybridized carbons (Fsp3) is 0.785. The monoisotopic (exact) mass is 977 g/mol. The quantitative estimate of drug-likeness (QED) is 0.0345. The summed E-state index contributed by atoms with van der Waals surface area (Å²) in [6, 6.07) is 0. The van der Waals surface area contributed by atoms with E-state index in [0.717, 1.165) is 70.6 Å². The molecule has 0 aliphatic carbocycles. The first kappa shape index (κ1) is 67.3. The predicted molar refractivity (Wildman–Crippen MR) is 307 cm³/mol. The van der Waals surface area contributed by atoms with Crippen LogP contribution in [0.1, 0.15) is 303 Å². The molecular weight excluding hydrogens is 861 g/mol. The minimum Gasteiger partial charge on any atom is -0.462 e. The summed E-state index contributed by atoms with van der Waals surface area (Å²) >= 11 is 0. The molecule has 406 valence electrons. The van der Waals surface area contributed by atoms with E-state index >= 15 is 0 Å². The van der Waals surface area contributed by atoms with Gasteiger partial charge in [-0.1, -0.05) is 248 Å². The lowest BCUT2D eigenvalue weighted by Gasteiger charge is -2.18. The summed E-state index contributed by atoms with van der Waals surface area (Å²) in [4.78, 5) is 25.6. The Kier molecular flexibility index (Phi) is 58.3. The van der Waals surface area contributed by atoms with E-state index in [0.29, 0.717) is 19.4 Å². The van der Waals surface area contributed by atoms with Crippen LogP contribution in [-0.2, 0) is 23.8 Å². The molecule has 0 aliphatic rings. The first-order valence-corrected chi connectivity index (χ1v) is 30.5. The second kappa shape index (κ2) is 60.6. The summed E-state index contributed by atoms with van der Waals surface area (Å²) in [5.41, 5.74) is 0. The number of carbonyl (C=O) groups is 2. The van der Waals surface area contributed by atoms with Gasteiger partial charge in [0, 0.05) is 19.4 Å². The standard InChI is InChI=1S/C65H116O5/c1-4-7-10-13-16-19-22-25-28-31-32-33-36-39-42-45-48-51-54-57-60-68-61-63(70-65(67)59-56-53-50-47-44-41-38-35-30-27-24-21-18-15-12-9-6-3)62-69-64(66)58-55-52-49-46-43-40-37-34-29-26-23-20-17-14-11-8-5-2/h16-17,19-20,25-30,32-33,63H,4-15,18,21-24,31,34-62H2,1-3H3/b19-16-,20-17-,28-25-,29-26-,30-27-,33-32-. The predicted octanol–water partition coefficient (Wildman–Crippen LogP) is 21.0. The van der Waals surface area contributed by atoms with Crippen LogP contribution in [-0.4, -0.2) is 37.9 Å². The average molecular weight is 978 g/mol. The SMILES string of the molecule is CCCCC/C=C\C/C=C\C/C=C\CCCCCCCCCOCC(COC(=O)CCCCCCCCC/C=C\C/C=C\CCCCC)OC(=O)CCCCCCCCC/C=C\CCCCCCCC. The van der Waals surface area contributed by atoms with Crippen LogP contribution in [0.3, 0.4) is 0 Å². The van der Waals surface area contributed by atoms with E-state index in [-0.39, 0.29) is 25.2 Å². The van der Waals surface area contributed by atoms with Gasteiger partial charge in [-0.25, -0.2) is 0 Å². The molecule has 0 N–H and O–H groups in total. The molecule has 0 aromatic rings. The highest BCUT2D eigenvalue weighted by molar-refractivity contribution is 5.70. The Bertz CT molecular complexity index is 1240. The second-order valence-electron chi connectivity index (χ2n) is 20.2. The zero-order valence-electron chi connectivity index (χ0n) is 46.8. The van der Waals surface area contributed by atoms with Gasteiger partial charge in [0.15, 0.2) is 6.10 Å². The number of rotatable bonds is 56. The van der Waals surface area contributed by atoms with Gasteiger partial charge in [0.05, 0.1) is 6.61 Å². The molecule has 0 bridgehead atoms. The van der Waals surface area contributed by atoms with Crippen LogP contribution in [0.2, 0.25) is 0 Å². The van der Waals surface area contributed by atoms with Gasteiger partial charge >= 0.3 is 11.9 Å². The van der Waals surface area contributed by atoms with E-state index in [2.05, 4.69) is 93.7 Å². The molecule has 70 heavy (non-hydrogen) atoms. The highest BCUT2D eigenvalue weighted by Gasteiger charge is 2.17. The molecular formula is C65H116O5. The lowest BCUT2D eigenvalue weighted by Crippen LogP contribution is -2.30. The van der Waals surface area contributed by atoms with Crippen LogP contribution in [0.15, 0.2) is 72.9 Å². The zero-order chi connectivity index (χ0) is 50.6. The molecule has 0 heterocycles. The van der Waals surface area contributed by atoms with Crippen molar-refractivity contribution in [1.29, 1.82) is 0 Å². The third-order valence-electron chi connectivity index (χ3n) is 13.2. The van der Waals surface area contributed by atoms with E-state index in [4.69, 9.17) is 14.2 Å². The van der Waals surface area contributed by atoms with Crippen molar-refractivity contribution in [1.82, 2.24) is 0 Å². The third kappa shape index (κ3) is 57.9. The molecule has 0 fully saturated rings. The molecule has 0 spiro atoms.